The molecule has 0 radical (unpaired) electrons. The van der Waals surface area contributed by atoms with Crippen molar-refractivity contribution in [3.05, 3.63) is 30.2 Å². The van der Waals surface area contributed by atoms with Crippen LogP contribution in [0.5, 0.6) is 0 Å². The van der Waals surface area contributed by atoms with Crippen molar-refractivity contribution in [2.24, 2.45) is 0 Å². The van der Waals surface area contributed by atoms with Crippen molar-refractivity contribution >= 4 is 9.84 Å². The average molecular weight is 338 g/mol. The number of nitrogens with zero attached hydrogens (tertiary/aromatic N) is 3. The van der Waals surface area contributed by atoms with Gasteiger partial charge in [-0.05, 0) is 18.2 Å². The molecule has 0 aliphatic carbocycles. The maximum Gasteiger partial charge on any atom is 0.152 e. The second-order valence-electron chi connectivity index (χ2n) is 5.98. The van der Waals surface area contributed by atoms with E-state index in [1.807, 2.05) is 18.2 Å². The number of aromatic nitrogens is 2. The van der Waals surface area contributed by atoms with Crippen LogP contribution in [0.2, 0.25) is 0 Å². The van der Waals surface area contributed by atoms with Crippen molar-refractivity contribution < 1.29 is 12.8 Å². The van der Waals surface area contributed by atoms with Gasteiger partial charge in [-0.1, -0.05) is 0 Å². The van der Waals surface area contributed by atoms with Gasteiger partial charge < -0.3 is 4.42 Å². The second kappa shape index (κ2) is 6.86. The van der Waals surface area contributed by atoms with Crippen LogP contribution in [0.15, 0.2) is 28.8 Å². The van der Waals surface area contributed by atoms with Crippen molar-refractivity contribution in [2.75, 3.05) is 44.7 Å². The fourth-order valence-corrected chi connectivity index (χ4v) is 3.28. The van der Waals surface area contributed by atoms with Crippen LogP contribution >= 0.6 is 0 Å². The molecular formula is C15H22N4O3S. The lowest BCUT2D eigenvalue weighted by molar-refractivity contribution is 0.126. The zero-order valence-corrected chi connectivity index (χ0v) is 14.1. The molecule has 0 bridgehead atoms. The van der Waals surface area contributed by atoms with E-state index in [0.29, 0.717) is 6.54 Å². The third-order valence-corrected chi connectivity index (χ3v) is 4.97. The summed E-state index contributed by atoms with van der Waals surface area (Å²) >= 11 is 0. The topological polar surface area (TPSA) is 82.4 Å². The van der Waals surface area contributed by atoms with E-state index in [0.717, 1.165) is 49.9 Å². The van der Waals surface area contributed by atoms with Crippen molar-refractivity contribution in [3.8, 4) is 11.5 Å². The summed E-state index contributed by atoms with van der Waals surface area (Å²) in [5, 5.41) is 6.81. The SMILES string of the molecule is CS(=O)(=O)CCN1CCN(Cc2ccc(-c3ccn[nH]3)o2)CC1. The first-order valence-electron chi connectivity index (χ1n) is 7.70. The molecule has 3 heterocycles. The van der Waals surface area contributed by atoms with Crippen LogP contribution in [0.3, 0.4) is 0 Å². The highest BCUT2D eigenvalue weighted by atomic mass is 32.2. The molecule has 1 aliphatic rings. The number of aromatic amines is 1. The molecule has 0 saturated carbocycles. The van der Waals surface area contributed by atoms with Crippen LogP contribution in [-0.2, 0) is 16.4 Å². The van der Waals surface area contributed by atoms with Gasteiger partial charge >= 0.3 is 0 Å². The summed E-state index contributed by atoms with van der Waals surface area (Å²) in [6.07, 6.45) is 2.99. The zero-order valence-electron chi connectivity index (χ0n) is 13.2. The molecule has 0 spiro atoms. The van der Waals surface area contributed by atoms with E-state index in [9.17, 15) is 8.42 Å². The van der Waals surface area contributed by atoms with Gasteiger partial charge in [0.15, 0.2) is 5.76 Å². The van der Waals surface area contributed by atoms with Crippen LogP contribution in [0, 0.1) is 0 Å². The minimum Gasteiger partial charge on any atom is -0.458 e. The second-order valence-corrected chi connectivity index (χ2v) is 8.24. The van der Waals surface area contributed by atoms with Gasteiger partial charge in [0.1, 0.15) is 21.3 Å². The molecule has 1 N–H and O–H groups in total. The summed E-state index contributed by atoms with van der Waals surface area (Å²) in [4.78, 5) is 4.53. The van der Waals surface area contributed by atoms with Crippen LogP contribution in [0.25, 0.3) is 11.5 Å². The van der Waals surface area contributed by atoms with Crippen molar-refractivity contribution in [1.82, 2.24) is 20.0 Å². The molecule has 0 unspecified atom stereocenters. The maximum absolute atomic E-state index is 11.2. The molecule has 7 nitrogen and oxygen atoms in total. The first kappa shape index (κ1) is 16.2. The Morgan fingerprint density at radius 3 is 2.57 bits per heavy atom. The molecule has 0 atom stereocenters. The summed E-state index contributed by atoms with van der Waals surface area (Å²) in [6.45, 7) is 5.02. The number of piperazine rings is 1. The number of rotatable bonds is 6. The average Bonchev–Trinajstić information content (AvgIpc) is 3.16. The van der Waals surface area contributed by atoms with Crippen molar-refractivity contribution in [3.63, 3.8) is 0 Å². The van der Waals surface area contributed by atoms with Crippen LogP contribution in [0.4, 0.5) is 0 Å². The minimum absolute atomic E-state index is 0.235. The predicted molar refractivity (Wildman–Crippen MR) is 87.7 cm³/mol. The van der Waals surface area contributed by atoms with E-state index in [4.69, 9.17) is 4.42 Å². The fraction of sp³-hybridized carbons (Fsp3) is 0.533. The Morgan fingerprint density at radius 1 is 1.17 bits per heavy atom. The van der Waals surface area contributed by atoms with E-state index in [-0.39, 0.29) is 5.75 Å². The van der Waals surface area contributed by atoms with E-state index >= 15 is 0 Å². The van der Waals surface area contributed by atoms with Gasteiger partial charge in [0, 0.05) is 45.2 Å². The Kier molecular flexibility index (Phi) is 4.84. The van der Waals surface area contributed by atoms with Gasteiger partial charge in [0.2, 0.25) is 0 Å². The molecule has 1 fully saturated rings. The Hall–Kier alpha value is -1.64. The third kappa shape index (κ3) is 4.66. The van der Waals surface area contributed by atoms with Gasteiger partial charge in [0.05, 0.1) is 12.3 Å². The highest BCUT2D eigenvalue weighted by molar-refractivity contribution is 7.90. The Balaban J connectivity index is 1.47. The summed E-state index contributed by atoms with van der Waals surface area (Å²) < 4.78 is 28.3. The lowest BCUT2D eigenvalue weighted by Crippen LogP contribution is -2.47. The minimum atomic E-state index is -2.88. The number of furan rings is 1. The van der Waals surface area contributed by atoms with Gasteiger partial charge in [-0.15, -0.1) is 0 Å². The number of sulfone groups is 1. The van der Waals surface area contributed by atoms with Crippen molar-refractivity contribution in [1.29, 1.82) is 0 Å². The highest BCUT2D eigenvalue weighted by Gasteiger charge is 2.19. The zero-order chi connectivity index (χ0) is 16.3. The Labute approximate surface area is 136 Å². The fourth-order valence-electron chi connectivity index (χ4n) is 2.69. The lowest BCUT2D eigenvalue weighted by atomic mass is 10.3. The molecule has 0 amide bonds. The largest absolute Gasteiger partial charge is 0.458 e. The number of H-pyrrole nitrogens is 1. The number of hydrogen-bond acceptors (Lipinski definition) is 6. The standard InChI is InChI=1S/C15H22N4O3S/c1-23(20,21)11-10-18-6-8-19(9-7-18)12-13-2-3-15(22-13)14-4-5-16-17-14/h2-5H,6-12H2,1H3,(H,16,17). The van der Waals surface area contributed by atoms with Crippen LogP contribution < -0.4 is 0 Å². The lowest BCUT2D eigenvalue weighted by Gasteiger charge is -2.34. The summed E-state index contributed by atoms with van der Waals surface area (Å²) in [5.41, 5.74) is 0.877. The van der Waals surface area contributed by atoms with Gasteiger partial charge in [-0.3, -0.25) is 14.9 Å². The van der Waals surface area contributed by atoms with Gasteiger partial charge in [-0.2, -0.15) is 5.10 Å². The molecule has 0 aromatic carbocycles. The molecule has 2 aromatic rings. The first-order chi connectivity index (χ1) is 11.0. The third-order valence-electron chi connectivity index (χ3n) is 4.05. The molecule has 23 heavy (non-hydrogen) atoms. The molecule has 8 heteroatoms. The van der Waals surface area contributed by atoms with Crippen LogP contribution in [0.1, 0.15) is 5.76 Å². The van der Waals surface area contributed by atoms with Gasteiger partial charge in [-0.25, -0.2) is 8.42 Å². The monoisotopic (exact) mass is 338 g/mol. The summed E-state index contributed by atoms with van der Waals surface area (Å²) in [6, 6.07) is 5.82. The maximum atomic E-state index is 11.2. The normalized spacial score (nSPS) is 17.6. The van der Waals surface area contributed by atoms with E-state index in [2.05, 4.69) is 20.0 Å². The molecule has 3 rings (SSSR count). The van der Waals surface area contributed by atoms with E-state index < -0.39 is 9.84 Å². The smallest absolute Gasteiger partial charge is 0.152 e. The summed E-state index contributed by atoms with van der Waals surface area (Å²) in [5.74, 6) is 1.96. The van der Waals surface area contributed by atoms with Gasteiger partial charge in [0.25, 0.3) is 0 Å². The Morgan fingerprint density at radius 2 is 1.91 bits per heavy atom. The molecule has 2 aromatic heterocycles. The quantitative estimate of drug-likeness (QED) is 0.840. The van der Waals surface area contributed by atoms with Crippen LogP contribution in [-0.4, -0.2) is 73.1 Å². The highest BCUT2D eigenvalue weighted by Crippen LogP contribution is 2.20. The summed E-state index contributed by atoms with van der Waals surface area (Å²) in [7, 11) is -2.88. The molecule has 1 saturated heterocycles. The molecule has 1 aliphatic heterocycles. The van der Waals surface area contributed by atoms with E-state index in [1.165, 1.54) is 6.26 Å². The first-order valence-corrected chi connectivity index (χ1v) is 9.76. The van der Waals surface area contributed by atoms with Crippen molar-refractivity contribution in [2.45, 2.75) is 6.54 Å². The predicted octanol–water partition coefficient (Wildman–Crippen LogP) is 0.832. The Bertz CT molecular complexity index is 716. The van der Waals surface area contributed by atoms with E-state index in [1.54, 1.807) is 6.20 Å². The molecular weight excluding hydrogens is 316 g/mol. The number of nitrogens with one attached hydrogen (secondary N) is 1. The number of hydrogen-bond donors (Lipinski definition) is 1. The molecule has 126 valence electrons.